The van der Waals surface area contributed by atoms with Crippen LogP contribution >= 0.6 is 11.3 Å². The fraction of sp³-hybridized carbons (Fsp3) is 0.222. The fourth-order valence-electron chi connectivity index (χ4n) is 3.94. The molecular formula is C27H27NS. The maximum absolute atomic E-state index is 5.06. The summed E-state index contributed by atoms with van der Waals surface area (Å²) in [6, 6.07) is 26.1. The summed E-state index contributed by atoms with van der Waals surface area (Å²) in [6.45, 7) is 8.58. The molecule has 0 aliphatic carbocycles. The predicted molar refractivity (Wildman–Crippen MR) is 130 cm³/mol. The van der Waals surface area contributed by atoms with Gasteiger partial charge in [-0.1, -0.05) is 76.2 Å². The van der Waals surface area contributed by atoms with Crippen molar-refractivity contribution in [2.24, 2.45) is 0 Å². The van der Waals surface area contributed by atoms with E-state index in [9.17, 15) is 0 Å². The highest BCUT2D eigenvalue weighted by Gasteiger charge is 2.18. The number of fused-ring (bicyclic) bond motifs is 4. The third-order valence-electron chi connectivity index (χ3n) is 5.57. The second-order valence-corrected chi connectivity index (χ2v) is 8.28. The first-order chi connectivity index (χ1) is 14.3. The molecule has 0 radical (unpaired) electrons. The van der Waals surface area contributed by atoms with Gasteiger partial charge in [-0.05, 0) is 42.2 Å². The van der Waals surface area contributed by atoms with E-state index in [2.05, 4.69) is 86.6 Å². The van der Waals surface area contributed by atoms with Crippen molar-refractivity contribution in [1.29, 1.82) is 0 Å². The van der Waals surface area contributed by atoms with Crippen LogP contribution in [0.4, 0.5) is 0 Å². The van der Waals surface area contributed by atoms with Gasteiger partial charge in [0.25, 0.3) is 0 Å². The summed E-state index contributed by atoms with van der Waals surface area (Å²) in [7, 11) is 0. The first-order valence-electron chi connectivity index (χ1n) is 10.6. The van der Waals surface area contributed by atoms with Crippen LogP contribution in [0.25, 0.3) is 42.3 Å². The molecular weight excluding hydrogens is 370 g/mol. The second kappa shape index (κ2) is 8.34. The van der Waals surface area contributed by atoms with Crippen molar-refractivity contribution < 1.29 is 0 Å². The van der Waals surface area contributed by atoms with Crippen LogP contribution in [0.5, 0.6) is 0 Å². The van der Waals surface area contributed by atoms with Crippen molar-refractivity contribution in [3.8, 4) is 11.3 Å². The van der Waals surface area contributed by atoms with Crippen LogP contribution in [-0.4, -0.2) is 4.98 Å². The molecule has 146 valence electrons. The SMILES string of the molecule is CC.CCC(C)c1ccc2sc3ccccc3c2c1-c1ccc2ccccc2n1. The Hall–Kier alpha value is -2.71. The zero-order valence-corrected chi connectivity index (χ0v) is 18.4. The second-order valence-electron chi connectivity index (χ2n) is 7.20. The van der Waals surface area contributed by atoms with E-state index >= 15 is 0 Å². The lowest BCUT2D eigenvalue weighted by Crippen LogP contribution is -1.97. The molecule has 0 bridgehead atoms. The monoisotopic (exact) mass is 397 g/mol. The molecule has 0 N–H and O–H groups in total. The molecule has 2 heterocycles. The van der Waals surface area contributed by atoms with Gasteiger partial charge in [0.2, 0.25) is 0 Å². The Morgan fingerprint density at radius 1 is 0.828 bits per heavy atom. The van der Waals surface area contributed by atoms with Crippen LogP contribution in [0.2, 0.25) is 0 Å². The van der Waals surface area contributed by atoms with Gasteiger partial charge >= 0.3 is 0 Å². The standard InChI is InChI=1S/C25H21NS.C2H6/c1-3-16(2)18-13-15-23-25(19-9-5-7-11-22(19)27-23)24(18)21-14-12-17-8-4-6-10-20(17)26-21;1-2/h4-16H,3H2,1-2H3;1-2H3. The highest BCUT2D eigenvalue weighted by Crippen LogP contribution is 2.43. The summed E-state index contributed by atoms with van der Waals surface area (Å²) >= 11 is 1.87. The number of para-hydroxylation sites is 1. The van der Waals surface area contributed by atoms with Crippen LogP contribution in [0.15, 0.2) is 72.8 Å². The highest BCUT2D eigenvalue weighted by molar-refractivity contribution is 7.25. The molecule has 1 nitrogen and oxygen atoms in total. The van der Waals surface area contributed by atoms with E-state index in [1.54, 1.807) is 0 Å². The number of benzene rings is 3. The Kier molecular flexibility index (Phi) is 5.64. The van der Waals surface area contributed by atoms with Gasteiger partial charge in [0, 0.05) is 31.1 Å². The molecule has 1 atom stereocenters. The Morgan fingerprint density at radius 3 is 2.41 bits per heavy atom. The number of aromatic nitrogens is 1. The topological polar surface area (TPSA) is 12.9 Å². The number of pyridine rings is 1. The molecule has 1 unspecified atom stereocenters. The predicted octanol–water partition coefficient (Wildman–Crippen LogP) is 8.81. The molecule has 0 spiro atoms. The van der Waals surface area contributed by atoms with Crippen molar-refractivity contribution >= 4 is 42.4 Å². The van der Waals surface area contributed by atoms with Crippen molar-refractivity contribution in [2.75, 3.05) is 0 Å². The summed E-state index contributed by atoms with van der Waals surface area (Å²) in [5, 5.41) is 3.89. The van der Waals surface area contributed by atoms with E-state index in [0.29, 0.717) is 5.92 Å². The number of hydrogen-bond acceptors (Lipinski definition) is 2. The summed E-state index contributed by atoms with van der Waals surface area (Å²) < 4.78 is 2.68. The quantitative estimate of drug-likeness (QED) is 0.296. The Balaban J connectivity index is 0.000000994. The molecule has 0 aliphatic rings. The van der Waals surface area contributed by atoms with Crippen molar-refractivity contribution in [3.05, 3.63) is 78.4 Å². The van der Waals surface area contributed by atoms with E-state index < -0.39 is 0 Å². The van der Waals surface area contributed by atoms with Crippen LogP contribution in [0.3, 0.4) is 0 Å². The molecule has 2 aromatic heterocycles. The van der Waals surface area contributed by atoms with Crippen LogP contribution in [-0.2, 0) is 0 Å². The molecule has 0 fully saturated rings. The Morgan fingerprint density at radius 2 is 1.59 bits per heavy atom. The third kappa shape index (κ3) is 3.42. The zero-order valence-electron chi connectivity index (χ0n) is 17.6. The molecule has 0 saturated carbocycles. The van der Waals surface area contributed by atoms with Crippen molar-refractivity contribution in [3.63, 3.8) is 0 Å². The minimum Gasteiger partial charge on any atom is -0.248 e. The first kappa shape index (κ1) is 19.6. The molecule has 3 aromatic carbocycles. The normalized spacial score (nSPS) is 12.1. The number of nitrogens with zero attached hydrogens (tertiary/aromatic N) is 1. The molecule has 0 saturated heterocycles. The van der Waals surface area contributed by atoms with Gasteiger partial charge in [-0.15, -0.1) is 11.3 Å². The van der Waals surface area contributed by atoms with Crippen LogP contribution in [0.1, 0.15) is 45.6 Å². The number of hydrogen-bond donors (Lipinski definition) is 0. The number of thiophene rings is 1. The summed E-state index contributed by atoms with van der Waals surface area (Å²) in [5.41, 5.74) is 4.85. The van der Waals surface area contributed by atoms with Crippen LogP contribution in [0, 0.1) is 0 Å². The van der Waals surface area contributed by atoms with Gasteiger partial charge in [-0.2, -0.15) is 0 Å². The molecule has 5 aromatic rings. The van der Waals surface area contributed by atoms with Crippen molar-refractivity contribution in [1.82, 2.24) is 4.98 Å². The molecule has 2 heteroatoms. The summed E-state index contributed by atoms with van der Waals surface area (Å²) in [4.78, 5) is 5.06. The van der Waals surface area contributed by atoms with Gasteiger partial charge < -0.3 is 0 Å². The van der Waals surface area contributed by atoms with E-state index in [1.807, 2.05) is 25.2 Å². The average molecular weight is 398 g/mol. The average Bonchev–Trinajstić information content (AvgIpc) is 3.17. The minimum absolute atomic E-state index is 0.497. The minimum atomic E-state index is 0.497. The smallest absolute Gasteiger partial charge is 0.0719 e. The lowest BCUT2D eigenvalue weighted by molar-refractivity contribution is 0.736. The molecule has 0 aliphatic heterocycles. The fourth-order valence-corrected chi connectivity index (χ4v) is 5.06. The largest absolute Gasteiger partial charge is 0.248 e. The third-order valence-corrected chi connectivity index (χ3v) is 6.71. The van der Waals surface area contributed by atoms with Gasteiger partial charge in [0.15, 0.2) is 0 Å². The summed E-state index contributed by atoms with van der Waals surface area (Å²) in [5.74, 6) is 0.497. The lowest BCUT2D eigenvalue weighted by atomic mass is 9.89. The Labute approximate surface area is 177 Å². The zero-order chi connectivity index (χ0) is 20.4. The molecule has 5 rings (SSSR count). The highest BCUT2D eigenvalue weighted by atomic mass is 32.1. The van der Waals surface area contributed by atoms with E-state index in [1.165, 1.54) is 36.7 Å². The maximum Gasteiger partial charge on any atom is 0.0719 e. The van der Waals surface area contributed by atoms with Gasteiger partial charge in [-0.25, -0.2) is 4.98 Å². The number of rotatable bonds is 3. The van der Waals surface area contributed by atoms with E-state index in [4.69, 9.17) is 4.98 Å². The van der Waals surface area contributed by atoms with Gasteiger partial charge in [0.1, 0.15) is 0 Å². The molecule has 0 amide bonds. The lowest BCUT2D eigenvalue weighted by Gasteiger charge is -2.17. The van der Waals surface area contributed by atoms with Gasteiger partial charge in [0.05, 0.1) is 11.2 Å². The van der Waals surface area contributed by atoms with E-state index in [0.717, 1.165) is 17.6 Å². The van der Waals surface area contributed by atoms with Crippen LogP contribution < -0.4 is 0 Å². The van der Waals surface area contributed by atoms with Crippen molar-refractivity contribution in [2.45, 2.75) is 40.0 Å². The summed E-state index contributed by atoms with van der Waals surface area (Å²) in [6.07, 6.45) is 1.12. The van der Waals surface area contributed by atoms with Gasteiger partial charge in [-0.3, -0.25) is 0 Å². The van der Waals surface area contributed by atoms with E-state index in [-0.39, 0.29) is 0 Å². The Bertz CT molecular complexity index is 1280. The first-order valence-corrected chi connectivity index (χ1v) is 11.4. The molecule has 29 heavy (non-hydrogen) atoms. The maximum atomic E-state index is 5.06.